The average Bonchev–Trinajstić information content (AvgIpc) is 3.65. The third-order valence-electron chi connectivity index (χ3n) is 8.88. The highest BCUT2D eigenvalue weighted by atomic mass is 35.5. The molecule has 10 nitrogen and oxygen atoms in total. The fourth-order valence-electron chi connectivity index (χ4n) is 6.39. The Morgan fingerprint density at radius 1 is 1.06 bits per heavy atom. The fraction of sp³-hybridized carbons (Fsp3) is 0.306. The highest BCUT2D eigenvalue weighted by molar-refractivity contribution is 6.31. The van der Waals surface area contributed by atoms with Gasteiger partial charge in [-0.3, -0.25) is 0 Å². The Kier molecular flexibility index (Phi) is 10.4. The molecule has 3 aromatic carbocycles. The minimum absolute atomic E-state index is 0.0403. The van der Waals surface area contributed by atoms with E-state index in [1.807, 2.05) is 47.4 Å². The van der Waals surface area contributed by atoms with Crippen molar-refractivity contribution in [2.45, 2.75) is 37.5 Å². The van der Waals surface area contributed by atoms with E-state index in [0.29, 0.717) is 48.4 Å². The molecule has 11 heteroatoms. The van der Waals surface area contributed by atoms with Crippen molar-refractivity contribution in [1.82, 2.24) is 30.4 Å². The summed E-state index contributed by atoms with van der Waals surface area (Å²) < 4.78 is 7.59. The van der Waals surface area contributed by atoms with Crippen molar-refractivity contribution in [3.63, 3.8) is 0 Å². The van der Waals surface area contributed by atoms with Gasteiger partial charge >= 0.3 is 6.03 Å². The first kappa shape index (κ1) is 32.2. The zero-order chi connectivity index (χ0) is 32.6. The molecule has 0 radical (unpaired) electrons. The standard InChI is InChI=1S/C36H38ClN7O3/c1-47-21-18-38-36(45)42-19-16-27(17-20-42)28-8-5-9-29(22-28)32(13-10-26-6-3-2-4-7-26)35-14-11-30(24-44(35)46)33-23-31(37)12-15-34(33)43-25-39-40-41-43/h2-9,11-12,14-15,22-25,27,32H,10,13,16-21H2,1H3,(H,38,45)/t32-/m0/s1. The molecular formula is C36H38ClN7O3. The number of nitrogens with one attached hydrogen (secondary N) is 1. The van der Waals surface area contributed by atoms with Gasteiger partial charge in [0, 0.05) is 49.0 Å². The summed E-state index contributed by atoms with van der Waals surface area (Å²) in [6.07, 6.45) is 6.49. The maximum atomic E-state index is 13.9. The van der Waals surface area contributed by atoms with E-state index in [2.05, 4.69) is 57.2 Å². The number of aryl methyl sites for hydroxylation is 1. The van der Waals surface area contributed by atoms with Gasteiger partial charge in [0.2, 0.25) is 0 Å². The van der Waals surface area contributed by atoms with Crippen LogP contribution in [0.5, 0.6) is 0 Å². The minimum Gasteiger partial charge on any atom is -0.618 e. The number of halogens is 1. The molecule has 0 unspecified atom stereocenters. The summed E-state index contributed by atoms with van der Waals surface area (Å²) >= 11 is 6.38. The molecule has 2 aromatic heterocycles. The molecule has 0 spiro atoms. The van der Waals surface area contributed by atoms with E-state index >= 15 is 0 Å². The quantitative estimate of drug-likeness (QED) is 0.108. The topological polar surface area (TPSA) is 112 Å². The van der Waals surface area contributed by atoms with Crippen LogP contribution >= 0.6 is 11.6 Å². The molecule has 1 aliphatic rings. The van der Waals surface area contributed by atoms with Gasteiger partial charge in [-0.05, 0) is 83.0 Å². The normalized spacial score (nSPS) is 14.2. The zero-order valence-corrected chi connectivity index (χ0v) is 27.1. The first-order valence-corrected chi connectivity index (χ1v) is 16.3. The van der Waals surface area contributed by atoms with Crippen molar-refractivity contribution < 1.29 is 14.3 Å². The Hall–Kier alpha value is -4.80. The van der Waals surface area contributed by atoms with Crippen molar-refractivity contribution in [2.75, 3.05) is 33.4 Å². The number of pyridine rings is 1. The van der Waals surface area contributed by atoms with Gasteiger partial charge in [-0.2, -0.15) is 9.41 Å². The lowest BCUT2D eigenvalue weighted by Gasteiger charge is -2.32. The number of aromatic nitrogens is 5. The summed E-state index contributed by atoms with van der Waals surface area (Å²) in [4.78, 5) is 14.4. The number of tetrazole rings is 1. The molecule has 5 aromatic rings. The van der Waals surface area contributed by atoms with Gasteiger partial charge in [0.05, 0.1) is 18.2 Å². The predicted octanol–water partition coefficient (Wildman–Crippen LogP) is 5.92. The highest BCUT2D eigenvalue weighted by Crippen LogP contribution is 2.35. The number of rotatable bonds is 11. The summed E-state index contributed by atoms with van der Waals surface area (Å²) in [5.74, 6) is 0.203. The molecule has 1 aliphatic heterocycles. The maximum absolute atomic E-state index is 13.9. The van der Waals surface area contributed by atoms with E-state index in [1.165, 1.54) is 17.5 Å². The molecule has 0 aliphatic carbocycles. The van der Waals surface area contributed by atoms with Gasteiger partial charge in [-0.1, -0.05) is 66.2 Å². The number of methoxy groups -OCH3 is 1. The Labute approximate surface area is 279 Å². The molecule has 1 saturated heterocycles. The highest BCUT2D eigenvalue weighted by Gasteiger charge is 2.27. The van der Waals surface area contributed by atoms with E-state index in [-0.39, 0.29) is 11.9 Å². The Morgan fingerprint density at radius 3 is 2.64 bits per heavy atom. The summed E-state index contributed by atoms with van der Waals surface area (Å²) in [6, 6.07) is 28.3. The smallest absolute Gasteiger partial charge is 0.317 e. The van der Waals surface area contributed by atoms with E-state index in [9.17, 15) is 10.0 Å². The monoisotopic (exact) mass is 651 g/mol. The van der Waals surface area contributed by atoms with E-state index in [1.54, 1.807) is 24.1 Å². The van der Waals surface area contributed by atoms with Gasteiger partial charge in [-0.15, -0.1) is 5.10 Å². The molecule has 0 saturated carbocycles. The van der Waals surface area contributed by atoms with Crippen LogP contribution in [-0.2, 0) is 11.2 Å². The lowest BCUT2D eigenvalue weighted by Crippen LogP contribution is -2.44. The summed E-state index contributed by atoms with van der Waals surface area (Å²) in [7, 11) is 1.62. The van der Waals surface area contributed by atoms with Crippen LogP contribution in [0.2, 0.25) is 5.02 Å². The third-order valence-corrected chi connectivity index (χ3v) is 9.12. The average molecular weight is 652 g/mol. The van der Waals surface area contributed by atoms with Crippen molar-refractivity contribution in [1.29, 1.82) is 0 Å². The SMILES string of the molecule is COCCNC(=O)N1CCC(c2cccc([C@H](CCc3ccccc3)c3ccc(-c4cc(Cl)ccc4-n4cnnn4)c[n+]3[O-])c2)CC1. The number of amides is 2. The number of hydrogen-bond donors (Lipinski definition) is 1. The number of likely N-dealkylation sites (tertiary alicyclic amines) is 1. The van der Waals surface area contributed by atoms with E-state index < -0.39 is 0 Å². The third kappa shape index (κ3) is 7.78. The number of urea groups is 1. The maximum Gasteiger partial charge on any atom is 0.317 e. The number of nitrogens with zero attached hydrogens (tertiary/aromatic N) is 6. The minimum atomic E-state index is -0.133. The second-order valence-corrected chi connectivity index (χ2v) is 12.3. The predicted molar refractivity (Wildman–Crippen MR) is 180 cm³/mol. The Morgan fingerprint density at radius 2 is 1.89 bits per heavy atom. The molecule has 1 atom stereocenters. The van der Waals surface area contributed by atoms with Gasteiger partial charge < -0.3 is 20.2 Å². The van der Waals surface area contributed by atoms with Gasteiger partial charge in [0.25, 0.3) is 0 Å². The van der Waals surface area contributed by atoms with E-state index in [0.717, 1.165) is 47.2 Å². The summed E-state index contributed by atoms with van der Waals surface area (Å²) in [6.45, 7) is 2.39. The van der Waals surface area contributed by atoms with Gasteiger partial charge in [0.1, 0.15) is 6.33 Å². The largest absolute Gasteiger partial charge is 0.618 e. The van der Waals surface area contributed by atoms with Crippen LogP contribution in [0.25, 0.3) is 16.8 Å². The van der Waals surface area contributed by atoms with Gasteiger partial charge in [-0.25, -0.2) is 4.79 Å². The number of benzene rings is 3. The lowest BCUT2D eigenvalue weighted by molar-refractivity contribution is -0.614. The Balaban J connectivity index is 1.27. The van der Waals surface area contributed by atoms with Gasteiger partial charge in [0.15, 0.2) is 11.9 Å². The summed E-state index contributed by atoms with van der Waals surface area (Å²) in [5, 5.41) is 28.9. The molecule has 3 heterocycles. The van der Waals surface area contributed by atoms with Crippen LogP contribution in [0.15, 0.2) is 97.5 Å². The lowest BCUT2D eigenvalue weighted by atomic mass is 9.84. The van der Waals surface area contributed by atoms with Crippen LogP contribution < -0.4 is 10.0 Å². The van der Waals surface area contributed by atoms with Crippen molar-refractivity contribution in [3.05, 3.63) is 130 Å². The van der Waals surface area contributed by atoms with Crippen LogP contribution in [0, 0.1) is 5.21 Å². The first-order chi connectivity index (χ1) is 23.0. The summed E-state index contributed by atoms with van der Waals surface area (Å²) in [5.41, 5.74) is 6.43. The fourth-order valence-corrected chi connectivity index (χ4v) is 6.56. The van der Waals surface area contributed by atoms with Crippen LogP contribution in [0.4, 0.5) is 4.79 Å². The molecule has 1 N–H and O–H groups in total. The second-order valence-electron chi connectivity index (χ2n) is 11.8. The molecule has 1 fully saturated rings. The Bertz CT molecular complexity index is 1780. The molecule has 6 rings (SSSR count). The molecular weight excluding hydrogens is 614 g/mol. The number of piperidine rings is 1. The second kappa shape index (κ2) is 15.2. The zero-order valence-electron chi connectivity index (χ0n) is 26.3. The van der Waals surface area contributed by atoms with Crippen molar-refractivity contribution in [3.8, 4) is 16.8 Å². The number of carbonyl (C=O) groups is 1. The van der Waals surface area contributed by atoms with Crippen LogP contribution in [0.1, 0.15) is 53.5 Å². The number of carbonyl (C=O) groups excluding carboxylic acids is 1. The molecule has 2 amide bonds. The van der Waals surface area contributed by atoms with E-state index in [4.69, 9.17) is 16.3 Å². The molecule has 242 valence electrons. The number of hydrogen-bond acceptors (Lipinski definition) is 6. The molecule has 0 bridgehead atoms. The number of ether oxygens (including phenoxy) is 1. The van der Waals surface area contributed by atoms with Crippen LogP contribution in [-0.4, -0.2) is 64.5 Å². The van der Waals surface area contributed by atoms with Crippen molar-refractivity contribution >= 4 is 17.6 Å². The first-order valence-electron chi connectivity index (χ1n) is 15.9. The van der Waals surface area contributed by atoms with Crippen molar-refractivity contribution in [2.24, 2.45) is 0 Å². The van der Waals surface area contributed by atoms with Crippen LogP contribution in [0.3, 0.4) is 0 Å². The molecule has 47 heavy (non-hydrogen) atoms.